The van der Waals surface area contributed by atoms with Gasteiger partial charge in [-0.1, -0.05) is 23.2 Å². The van der Waals surface area contributed by atoms with Crippen LogP contribution in [0.3, 0.4) is 0 Å². The van der Waals surface area contributed by atoms with Crippen LogP contribution in [0.25, 0.3) is 0 Å². The van der Waals surface area contributed by atoms with Gasteiger partial charge in [0.25, 0.3) is 0 Å². The Morgan fingerprint density at radius 1 is 1.24 bits per heavy atom. The van der Waals surface area contributed by atoms with Crippen LogP contribution in [0.15, 0.2) is 23.1 Å². The lowest BCUT2D eigenvalue weighted by Gasteiger charge is -2.33. The Morgan fingerprint density at radius 3 is 2.33 bits per heavy atom. The Hall–Kier alpha value is -0.340. The van der Waals surface area contributed by atoms with Gasteiger partial charge in [-0.05, 0) is 31.5 Å². The third-order valence-electron chi connectivity index (χ3n) is 3.79. The summed E-state index contributed by atoms with van der Waals surface area (Å²) in [5, 5.41) is 0.392. The van der Waals surface area contributed by atoms with Crippen LogP contribution in [0, 0.1) is 0 Å². The minimum atomic E-state index is -3.84. The largest absolute Gasteiger partial charge is 0.243 e. The van der Waals surface area contributed by atoms with Crippen LogP contribution in [0.1, 0.15) is 13.3 Å². The van der Waals surface area contributed by atoms with Gasteiger partial charge in [-0.15, -0.1) is 0 Å². The first-order valence-corrected chi connectivity index (χ1v) is 10.1. The first-order chi connectivity index (χ1) is 9.48. The zero-order valence-electron chi connectivity index (χ0n) is 11.5. The van der Waals surface area contributed by atoms with Gasteiger partial charge in [0, 0.05) is 12.6 Å². The van der Waals surface area contributed by atoms with Crippen molar-refractivity contribution in [2.24, 2.45) is 0 Å². The molecule has 1 aromatic rings. The molecule has 1 heterocycles. The number of sulfonamides is 1. The maximum atomic E-state index is 12.6. The predicted octanol–water partition coefficient (Wildman–Crippen LogP) is 2.19. The number of hydrogen-bond donors (Lipinski definition) is 0. The molecule has 21 heavy (non-hydrogen) atoms. The van der Waals surface area contributed by atoms with E-state index in [-0.39, 0.29) is 32.9 Å². The Labute approximate surface area is 134 Å². The van der Waals surface area contributed by atoms with E-state index in [1.165, 1.54) is 25.2 Å². The summed E-state index contributed by atoms with van der Waals surface area (Å²) in [6.45, 7) is 1.63. The summed E-state index contributed by atoms with van der Waals surface area (Å²) in [6, 6.07) is 4.02. The number of sulfone groups is 1. The summed E-state index contributed by atoms with van der Waals surface area (Å²) in [6.07, 6.45) is 0.270. The lowest BCUT2D eigenvalue weighted by Crippen LogP contribution is -2.48. The summed E-state index contributed by atoms with van der Waals surface area (Å²) in [4.78, 5) is -0.00933. The third-order valence-corrected chi connectivity index (χ3v) is 8.43. The fourth-order valence-electron chi connectivity index (χ4n) is 2.33. The van der Waals surface area contributed by atoms with Gasteiger partial charge >= 0.3 is 0 Å². The molecule has 118 valence electrons. The van der Waals surface area contributed by atoms with Crippen molar-refractivity contribution in [2.45, 2.75) is 23.8 Å². The Kier molecular flexibility index (Phi) is 4.36. The smallest absolute Gasteiger partial charge is 0.229 e. The van der Waals surface area contributed by atoms with Crippen LogP contribution in [-0.4, -0.2) is 45.2 Å². The second-order valence-corrected chi connectivity index (χ2v) is 10.4. The molecule has 9 heteroatoms. The van der Waals surface area contributed by atoms with Crippen LogP contribution in [-0.2, 0) is 19.9 Å². The lowest BCUT2D eigenvalue weighted by atomic mass is 10.0. The highest BCUT2D eigenvalue weighted by Crippen LogP contribution is 2.34. The number of halogens is 2. The van der Waals surface area contributed by atoms with E-state index in [2.05, 4.69) is 0 Å². The van der Waals surface area contributed by atoms with Crippen molar-refractivity contribution in [2.75, 3.05) is 18.6 Å². The van der Waals surface area contributed by atoms with Gasteiger partial charge in [-0.2, -0.15) is 4.31 Å². The van der Waals surface area contributed by atoms with Crippen molar-refractivity contribution in [1.29, 1.82) is 0 Å². The molecule has 0 radical (unpaired) electrons. The van der Waals surface area contributed by atoms with E-state index in [1.807, 2.05) is 0 Å². The van der Waals surface area contributed by atoms with Crippen LogP contribution in [0.2, 0.25) is 10.0 Å². The first-order valence-electron chi connectivity index (χ1n) is 6.12. The molecule has 1 aliphatic rings. The van der Waals surface area contributed by atoms with Crippen molar-refractivity contribution in [3.63, 3.8) is 0 Å². The number of nitrogens with zero attached hydrogens (tertiary/aromatic N) is 1. The monoisotopic (exact) mass is 371 g/mol. The number of rotatable bonds is 3. The third kappa shape index (κ3) is 3.22. The van der Waals surface area contributed by atoms with Crippen molar-refractivity contribution in [1.82, 2.24) is 4.31 Å². The van der Waals surface area contributed by atoms with Crippen LogP contribution < -0.4 is 0 Å². The Morgan fingerprint density at radius 2 is 1.86 bits per heavy atom. The summed E-state index contributed by atoms with van der Waals surface area (Å²) < 4.78 is 49.7. The maximum absolute atomic E-state index is 12.6. The molecule has 0 aromatic heterocycles. The molecule has 0 N–H and O–H groups in total. The van der Waals surface area contributed by atoms with Crippen molar-refractivity contribution < 1.29 is 16.8 Å². The molecule has 0 amide bonds. The summed E-state index contributed by atoms with van der Waals surface area (Å²) in [5.41, 5.74) is -0.955. The van der Waals surface area contributed by atoms with Crippen LogP contribution in [0.5, 0.6) is 0 Å². The fraction of sp³-hybridized carbons (Fsp3) is 0.500. The molecule has 5 nitrogen and oxygen atoms in total. The molecule has 0 spiro atoms. The summed E-state index contributed by atoms with van der Waals surface area (Å²) in [5.74, 6) is -0.193. The van der Waals surface area contributed by atoms with Crippen molar-refractivity contribution >= 4 is 43.1 Å². The summed E-state index contributed by atoms with van der Waals surface area (Å²) >= 11 is 11.6. The van der Waals surface area contributed by atoms with E-state index >= 15 is 0 Å². The molecule has 1 saturated heterocycles. The van der Waals surface area contributed by atoms with Gasteiger partial charge in [0.1, 0.15) is 0 Å². The van der Waals surface area contributed by atoms with Gasteiger partial charge in [-0.25, -0.2) is 16.8 Å². The average Bonchev–Trinajstić information content (AvgIpc) is 2.67. The van der Waals surface area contributed by atoms with Gasteiger partial charge in [0.15, 0.2) is 9.84 Å². The normalized spacial score (nSPS) is 25.4. The molecule has 1 fully saturated rings. The molecule has 0 aliphatic carbocycles. The second kappa shape index (κ2) is 5.38. The Balaban J connectivity index is 2.42. The quantitative estimate of drug-likeness (QED) is 0.816. The zero-order valence-corrected chi connectivity index (χ0v) is 14.7. The van der Waals surface area contributed by atoms with E-state index < -0.39 is 25.4 Å². The van der Waals surface area contributed by atoms with Gasteiger partial charge in [-0.3, -0.25) is 0 Å². The SMILES string of the molecule is CN([C@]1(C)CCS(=O)(=O)C1)S(=O)(=O)c1ccc(Cl)c(Cl)c1. The van der Waals surface area contributed by atoms with E-state index in [0.717, 1.165) is 4.31 Å². The highest BCUT2D eigenvalue weighted by molar-refractivity contribution is 7.92. The van der Waals surface area contributed by atoms with Crippen LogP contribution in [0.4, 0.5) is 0 Å². The topological polar surface area (TPSA) is 71.5 Å². The molecule has 1 atom stereocenters. The van der Waals surface area contributed by atoms with E-state index in [9.17, 15) is 16.8 Å². The number of hydrogen-bond acceptors (Lipinski definition) is 4. The molecule has 0 unspecified atom stereocenters. The van der Waals surface area contributed by atoms with Crippen LogP contribution >= 0.6 is 23.2 Å². The minimum absolute atomic E-state index is 0.00919. The molecular formula is C12H15Cl2NO4S2. The fourth-order valence-corrected chi connectivity index (χ4v) is 6.51. The van der Waals surface area contributed by atoms with Crippen molar-refractivity contribution in [3.8, 4) is 0 Å². The highest BCUT2D eigenvalue weighted by atomic mass is 35.5. The minimum Gasteiger partial charge on any atom is -0.229 e. The predicted molar refractivity (Wildman–Crippen MR) is 83.1 cm³/mol. The molecule has 0 bridgehead atoms. The number of benzene rings is 1. The van der Waals surface area contributed by atoms with E-state index in [1.54, 1.807) is 6.92 Å². The molecule has 1 aliphatic heterocycles. The maximum Gasteiger partial charge on any atom is 0.243 e. The van der Waals surface area contributed by atoms with Gasteiger partial charge in [0.05, 0.1) is 26.4 Å². The second-order valence-electron chi connectivity index (χ2n) is 5.39. The first kappa shape index (κ1) is 17.0. The van der Waals surface area contributed by atoms with E-state index in [0.29, 0.717) is 0 Å². The molecular weight excluding hydrogens is 357 g/mol. The summed E-state index contributed by atoms with van der Waals surface area (Å²) in [7, 11) is -5.67. The standard InChI is InChI=1S/C12H15Cl2NO4S2/c1-12(5-6-20(16,17)8-12)15(2)21(18,19)9-3-4-10(13)11(14)7-9/h3-4,7H,5-6,8H2,1-2H3/t12-/m1/s1. The van der Waals surface area contributed by atoms with Gasteiger partial charge < -0.3 is 0 Å². The van der Waals surface area contributed by atoms with Gasteiger partial charge in [0.2, 0.25) is 10.0 Å². The van der Waals surface area contributed by atoms with Crippen molar-refractivity contribution in [3.05, 3.63) is 28.2 Å². The van der Waals surface area contributed by atoms with E-state index in [4.69, 9.17) is 23.2 Å². The average molecular weight is 372 g/mol. The molecule has 1 aromatic carbocycles. The highest BCUT2D eigenvalue weighted by Gasteiger charge is 2.46. The molecule has 2 rings (SSSR count). The molecule has 0 saturated carbocycles. The zero-order chi connectivity index (χ0) is 16.1. The Bertz CT molecular complexity index is 776. The lowest BCUT2D eigenvalue weighted by molar-refractivity contribution is 0.272.